The van der Waals surface area contributed by atoms with E-state index in [1.54, 1.807) is 0 Å². The van der Waals surface area contributed by atoms with Crippen LogP contribution >= 0.6 is 0 Å². The quantitative estimate of drug-likeness (QED) is 0.611. The number of carbonyl (C=O) groups excluding carboxylic acids is 2. The molecule has 1 aliphatic carbocycles. The van der Waals surface area contributed by atoms with Crippen molar-refractivity contribution in [1.82, 2.24) is 10.2 Å². The third-order valence-corrected chi connectivity index (χ3v) is 6.18. The fraction of sp³-hybridized carbons (Fsp3) is 0.375. The Bertz CT molecular complexity index is 978. The molecule has 2 atom stereocenters. The maximum atomic E-state index is 12.9. The highest BCUT2D eigenvalue weighted by molar-refractivity contribution is 5.89. The van der Waals surface area contributed by atoms with Gasteiger partial charge in [0.2, 0.25) is 5.91 Å². The SMILES string of the molecule is O=C(O)CC(NC(=O)OCC1c2ccccc2-c2ccccc21)C(=O)N1CCC[C@H]1CO. The number of amides is 2. The average Bonchev–Trinajstić information content (AvgIpc) is 3.39. The van der Waals surface area contributed by atoms with Gasteiger partial charge >= 0.3 is 12.1 Å². The molecule has 2 aromatic rings. The van der Waals surface area contributed by atoms with Gasteiger partial charge in [-0.25, -0.2) is 4.79 Å². The lowest BCUT2D eigenvalue weighted by Gasteiger charge is -2.27. The molecule has 2 amide bonds. The summed E-state index contributed by atoms with van der Waals surface area (Å²) >= 11 is 0. The molecule has 2 aliphatic rings. The number of fused-ring (bicyclic) bond motifs is 3. The minimum atomic E-state index is -1.25. The number of benzene rings is 2. The van der Waals surface area contributed by atoms with E-state index in [1.807, 2.05) is 48.5 Å². The van der Waals surface area contributed by atoms with Crippen LogP contribution in [0, 0.1) is 0 Å². The van der Waals surface area contributed by atoms with E-state index in [-0.39, 0.29) is 25.2 Å². The van der Waals surface area contributed by atoms with E-state index in [4.69, 9.17) is 4.74 Å². The molecular formula is C24H26N2O6. The fourth-order valence-corrected chi connectivity index (χ4v) is 4.67. The molecule has 0 saturated carbocycles. The molecule has 0 radical (unpaired) electrons. The Kier molecular flexibility index (Phi) is 6.41. The number of hydrogen-bond acceptors (Lipinski definition) is 5. The van der Waals surface area contributed by atoms with Crippen molar-refractivity contribution in [2.24, 2.45) is 0 Å². The normalized spacial score (nSPS) is 18.0. The number of nitrogens with one attached hydrogen (secondary N) is 1. The van der Waals surface area contributed by atoms with Crippen LogP contribution in [-0.2, 0) is 14.3 Å². The van der Waals surface area contributed by atoms with Gasteiger partial charge in [0.25, 0.3) is 0 Å². The van der Waals surface area contributed by atoms with E-state index in [0.717, 1.165) is 28.7 Å². The first-order chi connectivity index (χ1) is 15.5. The summed E-state index contributed by atoms with van der Waals surface area (Å²) in [7, 11) is 0. The highest BCUT2D eigenvalue weighted by Gasteiger charge is 2.35. The molecule has 1 saturated heterocycles. The largest absolute Gasteiger partial charge is 0.481 e. The Balaban J connectivity index is 1.44. The molecule has 1 unspecified atom stereocenters. The zero-order valence-electron chi connectivity index (χ0n) is 17.6. The van der Waals surface area contributed by atoms with Crippen molar-refractivity contribution < 1.29 is 29.3 Å². The zero-order valence-corrected chi connectivity index (χ0v) is 17.6. The number of aliphatic hydroxyl groups is 1. The molecular weight excluding hydrogens is 412 g/mol. The number of nitrogens with zero attached hydrogens (tertiary/aromatic N) is 1. The molecule has 3 N–H and O–H groups in total. The molecule has 0 spiro atoms. The van der Waals surface area contributed by atoms with Gasteiger partial charge in [-0.3, -0.25) is 9.59 Å². The monoisotopic (exact) mass is 438 g/mol. The molecule has 0 bridgehead atoms. The van der Waals surface area contributed by atoms with Gasteiger partial charge < -0.3 is 25.2 Å². The van der Waals surface area contributed by atoms with Crippen molar-refractivity contribution in [2.75, 3.05) is 19.8 Å². The second-order valence-corrected chi connectivity index (χ2v) is 8.13. The van der Waals surface area contributed by atoms with Gasteiger partial charge in [-0.05, 0) is 35.1 Å². The third-order valence-electron chi connectivity index (χ3n) is 6.18. The lowest BCUT2D eigenvalue weighted by atomic mass is 9.98. The molecule has 1 fully saturated rings. The molecule has 1 heterocycles. The first-order valence-electron chi connectivity index (χ1n) is 10.7. The van der Waals surface area contributed by atoms with Gasteiger partial charge in [0.15, 0.2) is 0 Å². The second kappa shape index (κ2) is 9.40. The van der Waals surface area contributed by atoms with Gasteiger partial charge in [-0.1, -0.05) is 48.5 Å². The second-order valence-electron chi connectivity index (χ2n) is 8.13. The van der Waals surface area contributed by atoms with E-state index in [0.29, 0.717) is 13.0 Å². The number of aliphatic hydroxyl groups excluding tert-OH is 1. The Labute approximate surface area is 185 Å². The number of rotatable bonds is 7. The van der Waals surface area contributed by atoms with E-state index in [9.17, 15) is 24.6 Å². The van der Waals surface area contributed by atoms with Crippen LogP contribution in [-0.4, -0.2) is 64.9 Å². The van der Waals surface area contributed by atoms with E-state index >= 15 is 0 Å². The van der Waals surface area contributed by atoms with E-state index in [1.165, 1.54) is 4.90 Å². The highest BCUT2D eigenvalue weighted by Crippen LogP contribution is 2.44. The van der Waals surface area contributed by atoms with Gasteiger partial charge in [0, 0.05) is 12.5 Å². The van der Waals surface area contributed by atoms with Gasteiger partial charge in [0.1, 0.15) is 12.6 Å². The summed E-state index contributed by atoms with van der Waals surface area (Å²) in [6.07, 6.45) is -0.0296. The van der Waals surface area contributed by atoms with Crippen molar-refractivity contribution in [3.05, 3.63) is 59.7 Å². The van der Waals surface area contributed by atoms with Crippen LogP contribution in [0.2, 0.25) is 0 Å². The minimum absolute atomic E-state index is 0.0663. The Hall–Kier alpha value is -3.39. The topological polar surface area (TPSA) is 116 Å². The van der Waals surface area contributed by atoms with Crippen molar-refractivity contribution in [2.45, 2.75) is 37.3 Å². The maximum absolute atomic E-state index is 12.9. The summed E-state index contributed by atoms with van der Waals surface area (Å²) in [6, 6.07) is 14.3. The van der Waals surface area contributed by atoms with Crippen LogP contribution in [0.15, 0.2) is 48.5 Å². The lowest BCUT2D eigenvalue weighted by molar-refractivity contribution is -0.143. The number of carboxylic acids is 1. The molecule has 8 heteroatoms. The molecule has 8 nitrogen and oxygen atoms in total. The fourth-order valence-electron chi connectivity index (χ4n) is 4.67. The summed E-state index contributed by atoms with van der Waals surface area (Å²) < 4.78 is 5.45. The molecule has 168 valence electrons. The van der Waals surface area contributed by atoms with Crippen molar-refractivity contribution in [3.8, 4) is 11.1 Å². The predicted molar refractivity (Wildman–Crippen MR) is 116 cm³/mol. The predicted octanol–water partition coefficient (Wildman–Crippen LogP) is 2.35. The lowest BCUT2D eigenvalue weighted by Crippen LogP contribution is -2.51. The number of aliphatic carboxylic acids is 1. The first-order valence-corrected chi connectivity index (χ1v) is 10.7. The van der Waals surface area contributed by atoms with Crippen LogP contribution in [0.4, 0.5) is 4.79 Å². The number of carbonyl (C=O) groups is 3. The Morgan fingerprint density at radius 1 is 1.06 bits per heavy atom. The van der Waals surface area contributed by atoms with Crippen LogP contribution in [0.1, 0.15) is 36.3 Å². The van der Waals surface area contributed by atoms with Gasteiger partial charge in [-0.2, -0.15) is 0 Å². The first kappa shape index (κ1) is 21.8. The molecule has 2 aromatic carbocycles. The van der Waals surface area contributed by atoms with Crippen LogP contribution < -0.4 is 5.32 Å². The minimum Gasteiger partial charge on any atom is -0.481 e. The Morgan fingerprint density at radius 3 is 2.28 bits per heavy atom. The standard InChI is InChI=1S/C24H26N2O6/c27-13-15-6-5-11-26(15)23(30)21(12-22(28)29)25-24(31)32-14-20-18-9-3-1-7-16(18)17-8-2-4-10-19(17)20/h1-4,7-10,15,20-21,27H,5-6,11-14H2,(H,25,31)(H,28,29)/t15-,21?/m0/s1. The van der Waals surface area contributed by atoms with Crippen LogP contribution in [0.5, 0.6) is 0 Å². The average molecular weight is 438 g/mol. The Morgan fingerprint density at radius 2 is 1.69 bits per heavy atom. The van der Waals surface area contributed by atoms with Gasteiger partial charge in [0.05, 0.1) is 19.1 Å². The van der Waals surface area contributed by atoms with Crippen LogP contribution in [0.3, 0.4) is 0 Å². The molecule has 32 heavy (non-hydrogen) atoms. The van der Waals surface area contributed by atoms with Crippen LogP contribution in [0.25, 0.3) is 11.1 Å². The summed E-state index contributed by atoms with van der Waals surface area (Å²) in [4.78, 5) is 38.1. The number of hydrogen-bond donors (Lipinski definition) is 3. The molecule has 0 aromatic heterocycles. The third kappa shape index (κ3) is 4.31. The number of alkyl carbamates (subject to hydrolysis) is 1. The molecule has 1 aliphatic heterocycles. The maximum Gasteiger partial charge on any atom is 0.407 e. The summed E-state index contributed by atoms with van der Waals surface area (Å²) in [5.41, 5.74) is 4.31. The zero-order chi connectivity index (χ0) is 22.7. The van der Waals surface area contributed by atoms with Crippen molar-refractivity contribution in [3.63, 3.8) is 0 Å². The number of ether oxygens (including phenoxy) is 1. The smallest absolute Gasteiger partial charge is 0.407 e. The summed E-state index contributed by atoms with van der Waals surface area (Å²) in [5.74, 6) is -1.86. The van der Waals surface area contributed by atoms with Gasteiger partial charge in [-0.15, -0.1) is 0 Å². The summed E-state index contributed by atoms with van der Waals surface area (Å²) in [5, 5.41) is 21.1. The number of carboxylic acid groups (broad SMARTS) is 1. The highest BCUT2D eigenvalue weighted by atomic mass is 16.5. The van der Waals surface area contributed by atoms with Crippen molar-refractivity contribution in [1.29, 1.82) is 0 Å². The summed E-state index contributed by atoms with van der Waals surface area (Å²) in [6.45, 7) is 0.292. The van der Waals surface area contributed by atoms with E-state index in [2.05, 4.69) is 5.32 Å². The van der Waals surface area contributed by atoms with E-state index < -0.39 is 30.4 Å². The number of likely N-dealkylation sites (tertiary alicyclic amines) is 1. The van der Waals surface area contributed by atoms with Crippen molar-refractivity contribution >= 4 is 18.0 Å². The molecule has 4 rings (SSSR count).